The second-order valence-corrected chi connectivity index (χ2v) is 6.10. The van der Waals surface area contributed by atoms with Gasteiger partial charge in [0.15, 0.2) is 0 Å². The van der Waals surface area contributed by atoms with Gasteiger partial charge in [-0.15, -0.1) is 0 Å². The molecule has 23 heavy (non-hydrogen) atoms. The van der Waals surface area contributed by atoms with Gasteiger partial charge in [-0.3, -0.25) is 9.88 Å². The number of aromatic nitrogens is 2. The number of ether oxygens (including phenoxy) is 1. The van der Waals surface area contributed by atoms with Crippen LogP contribution in [0, 0.1) is 11.7 Å². The van der Waals surface area contributed by atoms with Crippen molar-refractivity contribution >= 4 is 0 Å². The highest BCUT2D eigenvalue weighted by Crippen LogP contribution is 2.28. The Balaban J connectivity index is 1.61. The second kappa shape index (κ2) is 7.04. The molecule has 122 valence electrons. The molecule has 2 unspecified atom stereocenters. The van der Waals surface area contributed by atoms with Crippen LogP contribution in [-0.2, 0) is 6.42 Å². The largest absolute Gasteiger partial charge is 0.481 e. The molecule has 0 radical (unpaired) electrons. The Morgan fingerprint density at radius 3 is 2.96 bits per heavy atom. The number of likely N-dealkylation sites (tertiary alicyclic amines) is 1. The molecule has 2 aromatic rings. The van der Waals surface area contributed by atoms with Crippen molar-refractivity contribution in [2.24, 2.45) is 5.92 Å². The third-order valence-corrected chi connectivity index (χ3v) is 4.53. The molecule has 0 amide bonds. The summed E-state index contributed by atoms with van der Waals surface area (Å²) in [6.07, 6.45) is 3.33. The first-order valence-electron chi connectivity index (χ1n) is 8.01. The van der Waals surface area contributed by atoms with Crippen molar-refractivity contribution in [2.45, 2.75) is 25.8 Å². The van der Waals surface area contributed by atoms with Crippen LogP contribution in [0.4, 0.5) is 4.39 Å². The lowest BCUT2D eigenvalue weighted by molar-refractivity contribution is 0.246. The van der Waals surface area contributed by atoms with Crippen LogP contribution in [0.15, 0.2) is 36.5 Å². The van der Waals surface area contributed by atoms with Gasteiger partial charge in [0.2, 0.25) is 5.88 Å². The highest BCUT2D eigenvalue weighted by molar-refractivity contribution is 5.18. The fourth-order valence-electron chi connectivity index (χ4n) is 3.17. The van der Waals surface area contributed by atoms with Crippen molar-refractivity contribution in [3.8, 4) is 5.88 Å². The van der Waals surface area contributed by atoms with Crippen LogP contribution >= 0.6 is 0 Å². The van der Waals surface area contributed by atoms with E-state index in [0.29, 0.717) is 11.8 Å². The predicted molar refractivity (Wildman–Crippen MR) is 86.8 cm³/mol. The van der Waals surface area contributed by atoms with E-state index in [0.717, 1.165) is 37.3 Å². The van der Waals surface area contributed by atoms with E-state index in [1.807, 2.05) is 18.2 Å². The van der Waals surface area contributed by atoms with Gasteiger partial charge in [-0.25, -0.2) is 9.37 Å². The topological polar surface area (TPSA) is 38.2 Å². The summed E-state index contributed by atoms with van der Waals surface area (Å²) in [5.74, 6) is 0.932. The zero-order valence-corrected chi connectivity index (χ0v) is 13.6. The Kier molecular flexibility index (Phi) is 4.86. The van der Waals surface area contributed by atoms with Gasteiger partial charge in [-0.05, 0) is 50.4 Å². The van der Waals surface area contributed by atoms with Gasteiger partial charge < -0.3 is 4.74 Å². The molecule has 2 aromatic heterocycles. The van der Waals surface area contributed by atoms with Crippen molar-refractivity contribution in [3.63, 3.8) is 0 Å². The van der Waals surface area contributed by atoms with Crippen molar-refractivity contribution in [2.75, 3.05) is 20.2 Å². The van der Waals surface area contributed by atoms with Crippen molar-refractivity contribution in [3.05, 3.63) is 53.7 Å². The molecule has 3 rings (SSSR count). The standard InChI is InChI=1S/C18H22FN3O/c1-13(17-4-3-5-18(21-17)23-2)22-9-8-14(12-22)10-16-7-6-15(19)11-20-16/h3-7,11,13-14H,8-10,12H2,1-2H3. The first-order chi connectivity index (χ1) is 11.2. The van der Waals surface area contributed by atoms with Gasteiger partial charge in [-0.2, -0.15) is 0 Å². The number of methoxy groups -OCH3 is 1. The van der Waals surface area contributed by atoms with Crippen LogP contribution in [0.25, 0.3) is 0 Å². The third-order valence-electron chi connectivity index (χ3n) is 4.53. The van der Waals surface area contributed by atoms with Crippen LogP contribution in [-0.4, -0.2) is 35.1 Å². The van der Waals surface area contributed by atoms with Crippen LogP contribution < -0.4 is 4.74 Å². The normalized spacial score (nSPS) is 19.7. The van der Waals surface area contributed by atoms with Gasteiger partial charge in [0.25, 0.3) is 0 Å². The lowest BCUT2D eigenvalue weighted by atomic mass is 10.0. The number of hydrogen-bond donors (Lipinski definition) is 0. The second-order valence-electron chi connectivity index (χ2n) is 6.10. The summed E-state index contributed by atoms with van der Waals surface area (Å²) in [5.41, 5.74) is 2.00. The molecular weight excluding hydrogens is 293 g/mol. The molecule has 4 nitrogen and oxygen atoms in total. The molecule has 0 bridgehead atoms. The smallest absolute Gasteiger partial charge is 0.213 e. The van der Waals surface area contributed by atoms with Crippen LogP contribution in [0.2, 0.25) is 0 Å². The Bertz CT molecular complexity index is 647. The Hall–Kier alpha value is -2.01. The number of hydrogen-bond acceptors (Lipinski definition) is 4. The summed E-state index contributed by atoms with van der Waals surface area (Å²) >= 11 is 0. The predicted octanol–water partition coefficient (Wildman–Crippen LogP) is 3.25. The molecule has 0 spiro atoms. The van der Waals surface area contributed by atoms with E-state index < -0.39 is 0 Å². The molecule has 2 atom stereocenters. The van der Waals surface area contributed by atoms with Gasteiger partial charge in [0.05, 0.1) is 19.0 Å². The van der Waals surface area contributed by atoms with E-state index >= 15 is 0 Å². The van der Waals surface area contributed by atoms with Crippen LogP contribution in [0.1, 0.15) is 30.8 Å². The fourth-order valence-corrected chi connectivity index (χ4v) is 3.17. The maximum atomic E-state index is 12.9. The first kappa shape index (κ1) is 15.9. The van der Waals surface area contributed by atoms with E-state index in [-0.39, 0.29) is 11.9 Å². The molecule has 5 heteroatoms. The third kappa shape index (κ3) is 3.85. The SMILES string of the molecule is COc1cccc(C(C)N2CCC(Cc3ccc(F)cn3)C2)n1. The van der Waals surface area contributed by atoms with E-state index in [2.05, 4.69) is 21.8 Å². The summed E-state index contributed by atoms with van der Waals surface area (Å²) in [7, 11) is 1.64. The van der Waals surface area contributed by atoms with Crippen LogP contribution in [0.3, 0.4) is 0 Å². The highest BCUT2D eigenvalue weighted by atomic mass is 19.1. The number of pyridine rings is 2. The molecule has 3 heterocycles. The minimum atomic E-state index is -0.278. The quantitative estimate of drug-likeness (QED) is 0.849. The van der Waals surface area contributed by atoms with Crippen molar-refractivity contribution in [1.82, 2.24) is 14.9 Å². The maximum Gasteiger partial charge on any atom is 0.213 e. The molecule has 0 aromatic carbocycles. The van der Waals surface area contributed by atoms with E-state index in [1.54, 1.807) is 13.2 Å². The summed E-state index contributed by atoms with van der Waals surface area (Å²) < 4.78 is 18.1. The highest BCUT2D eigenvalue weighted by Gasteiger charge is 2.27. The molecule has 1 aliphatic rings. The van der Waals surface area contributed by atoms with Crippen LogP contribution in [0.5, 0.6) is 5.88 Å². The summed E-state index contributed by atoms with van der Waals surface area (Å²) in [6.45, 7) is 4.24. The first-order valence-corrected chi connectivity index (χ1v) is 8.01. The summed E-state index contributed by atoms with van der Waals surface area (Å²) in [6, 6.07) is 9.41. The lowest BCUT2D eigenvalue weighted by Crippen LogP contribution is -2.25. The molecule has 0 aliphatic carbocycles. The fraction of sp³-hybridized carbons (Fsp3) is 0.444. The molecule has 0 saturated carbocycles. The Morgan fingerprint density at radius 1 is 1.35 bits per heavy atom. The molecule has 1 aliphatic heterocycles. The molecular formula is C18H22FN3O. The van der Waals surface area contributed by atoms with Crippen molar-refractivity contribution < 1.29 is 9.13 Å². The molecule has 0 N–H and O–H groups in total. The number of halogens is 1. The summed E-state index contributed by atoms with van der Waals surface area (Å²) in [5, 5.41) is 0. The van der Waals surface area contributed by atoms with E-state index in [1.165, 1.54) is 12.3 Å². The minimum Gasteiger partial charge on any atom is -0.481 e. The Morgan fingerprint density at radius 2 is 2.22 bits per heavy atom. The minimum absolute atomic E-state index is 0.260. The van der Waals surface area contributed by atoms with Gasteiger partial charge >= 0.3 is 0 Å². The van der Waals surface area contributed by atoms with E-state index in [9.17, 15) is 4.39 Å². The van der Waals surface area contributed by atoms with E-state index in [4.69, 9.17) is 4.74 Å². The monoisotopic (exact) mass is 315 g/mol. The number of rotatable bonds is 5. The Labute approximate surface area is 136 Å². The molecule has 1 saturated heterocycles. The number of nitrogens with zero attached hydrogens (tertiary/aromatic N) is 3. The molecule has 1 fully saturated rings. The van der Waals surface area contributed by atoms with Gasteiger partial charge in [0, 0.05) is 24.3 Å². The average Bonchev–Trinajstić information content (AvgIpc) is 3.05. The average molecular weight is 315 g/mol. The zero-order chi connectivity index (χ0) is 16.2. The zero-order valence-electron chi connectivity index (χ0n) is 13.6. The van der Waals surface area contributed by atoms with Gasteiger partial charge in [0.1, 0.15) is 5.82 Å². The van der Waals surface area contributed by atoms with Crippen molar-refractivity contribution in [1.29, 1.82) is 0 Å². The maximum absolute atomic E-state index is 12.9. The lowest BCUT2D eigenvalue weighted by Gasteiger charge is -2.24. The van der Waals surface area contributed by atoms with Gasteiger partial charge in [-0.1, -0.05) is 6.07 Å². The summed E-state index contributed by atoms with van der Waals surface area (Å²) in [4.78, 5) is 11.1.